The lowest BCUT2D eigenvalue weighted by molar-refractivity contribution is -0.122. The van der Waals surface area contributed by atoms with Crippen molar-refractivity contribution in [3.63, 3.8) is 0 Å². The third kappa shape index (κ3) is 3.77. The summed E-state index contributed by atoms with van der Waals surface area (Å²) in [6.45, 7) is 2.03. The van der Waals surface area contributed by atoms with E-state index < -0.39 is 0 Å². The fraction of sp³-hybridized carbons (Fsp3) is 0.300. The topological polar surface area (TPSA) is 42.0 Å². The molecular formula is C20H19BrN2OS. The van der Waals surface area contributed by atoms with Crippen molar-refractivity contribution in [2.75, 3.05) is 0 Å². The minimum atomic E-state index is 0.0554. The highest BCUT2D eigenvalue weighted by Crippen LogP contribution is 2.49. The molecule has 0 radical (unpaired) electrons. The molecule has 3 nitrogen and oxygen atoms in total. The normalized spacial score (nSPS) is 20.4. The Morgan fingerprint density at radius 1 is 1.28 bits per heavy atom. The van der Waals surface area contributed by atoms with Gasteiger partial charge in [0.2, 0.25) is 5.91 Å². The van der Waals surface area contributed by atoms with Gasteiger partial charge in [-0.3, -0.25) is 9.78 Å². The van der Waals surface area contributed by atoms with Crippen molar-refractivity contribution in [3.8, 4) is 0 Å². The van der Waals surface area contributed by atoms with Gasteiger partial charge < -0.3 is 5.32 Å². The number of aromatic nitrogens is 1. The Balaban J connectivity index is 1.35. The first-order valence-electron chi connectivity index (χ1n) is 8.50. The van der Waals surface area contributed by atoms with Gasteiger partial charge in [-0.15, -0.1) is 11.3 Å². The molecule has 1 amide bonds. The molecular weight excluding hydrogens is 396 g/mol. The maximum atomic E-state index is 12.3. The lowest BCUT2D eigenvalue weighted by Gasteiger charge is -2.12. The second kappa shape index (κ2) is 6.89. The van der Waals surface area contributed by atoms with Gasteiger partial charge in [0.15, 0.2) is 0 Å². The lowest BCUT2D eigenvalue weighted by atomic mass is 10.1. The quantitative estimate of drug-likeness (QED) is 0.604. The maximum Gasteiger partial charge on any atom is 0.220 e. The molecule has 0 aliphatic heterocycles. The van der Waals surface area contributed by atoms with Gasteiger partial charge >= 0.3 is 0 Å². The number of hydrogen-bond donors (Lipinski definition) is 1. The summed E-state index contributed by atoms with van der Waals surface area (Å²) in [4.78, 5) is 18.3. The molecule has 5 heteroatoms. The molecule has 3 aromatic rings. The van der Waals surface area contributed by atoms with E-state index in [1.807, 2.05) is 31.2 Å². The van der Waals surface area contributed by atoms with Crippen LogP contribution < -0.4 is 5.32 Å². The molecule has 4 rings (SSSR count). The number of nitrogens with one attached hydrogen (secondary N) is 1. The maximum absolute atomic E-state index is 12.3. The predicted molar refractivity (Wildman–Crippen MR) is 106 cm³/mol. The first-order chi connectivity index (χ1) is 12.1. The largest absolute Gasteiger partial charge is 0.349 e. The van der Waals surface area contributed by atoms with Crippen LogP contribution in [0.4, 0.5) is 0 Å². The molecule has 0 saturated heterocycles. The highest BCUT2D eigenvalue weighted by Gasteiger charge is 2.40. The first kappa shape index (κ1) is 16.7. The van der Waals surface area contributed by atoms with E-state index in [-0.39, 0.29) is 11.9 Å². The van der Waals surface area contributed by atoms with Crippen LogP contribution in [-0.2, 0) is 4.79 Å². The first-order valence-corrected chi connectivity index (χ1v) is 10.1. The zero-order valence-electron chi connectivity index (χ0n) is 13.9. The molecule has 25 heavy (non-hydrogen) atoms. The number of rotatable bonds is 5. The number of nitrogens with zero attached hydrogens (tertiary/aromatic N) is 1. The van der Waals surface area contributed by atoms with Gasteiger partial charge in [0.05, 0.1) is 15.3 Å². The van der Waals surface area contributed by atoms with E-state index >= 15 is 0 Å². The van der Waals surface area contributed by atoms with Crippen molar-refractivity contribution in [2.45, 2.75) is 31.7 Å². The van der Waals surface area contributed by atoms with Gasteiger partial charge in [-0.2, -0.15) is 0 Å². The van der Waals surface area contributed by atoms with E-state index in [0.29, 0.717) is 18.3 Å². The number of thiophene rings is 1. The van der Waals surface area contributed by atoms with Crippen LogP contribution in [0, 0.1) is 5.92 Å². The van der Waals surface area contributed by atoms with E-state index in [0.717, 1.165) is 26.8 Å². The molecule has 128 valence electrons. The van der Waals surface area contributed by atoms with Crippen molar-refractivity contribution in [2.24, 2.45) is 5.92 Å². The number of amides is 1. The van der Waals surface area contributed by atoms with E-state index in [9.17, 15) is 4.79 Å². The molecule has 1 aliphatic rings. The molecule has 0 spiro atoms. The Morgan fingerprint density at radius 3 is 2.92 bits per heavy atom. The summed E-state index contributed by atoms with van der Waals surface area (Å²) in [5.74, 6) is 0.961. The van der Waals surface area contributed by atoms with Crippen molar-refractivity contribution < 1.29 is 4.79 Å². The number of para-hydroxylation sites is 1. The summed E-state index contributed by atoms with van der Waals surface area (Å²) < 4.78 is 1.09. The molecule has 0 unspecified atom stereocenters. The van der Waals surface area contributed by atoms with Gasteiger partial charge in [0, 0.05) is 28.3 Å². The Labute approximate surface area is 159 Å². The molecule has 1 aromatic carbocycles. The van der Waals surface area contributed by atoms with Crippen LogP contribution in [0.2, 0.25) is 0 Å². The van der Waals surface area contributed by atoms with Crippen LogP contribution in [0.1, 0.15) is 42.3 Å². The number of pyridine rings is 1. The Bertz CT molecular complexity index is 923. The molecule has 2 heterocycles. The minimum Gasteiger partial charge on any atom is -0.349 e. The van der Waals surface area contributed by atoms with E-state index in [2.05, 4.69) is 45.5 Å². The number of benzene rings is 1. The summed E-state index contributed by atoms with van der Waals surface area (Å²) in [5.41, 5.74) is 2.15. The second-order valence-corrected chi connectivity index (χ2v) is 9.16. The van der Waals surface area contributed by atoms with Crippen molar-refractivity contribution in [1.82, 2.24) is 10.3 Å². The molecule has 2 aromatic heterocycles. The molecule has 1 N–H and O–H groups in total. The molecule has 0 bridgehead atoms. The number of carbonyl (C=O) groups excluding carboxylic acids is 1. The molecule has 1 aliphatic carbocycles. The Morgan fingerprint density at radius 2 is 2.12 bits per heavy atom. The third-order valence-corrected chi connectivity index (χ3v) is 6.57. The third-order valence-electron chi connectivity index (χ3n) is 4.77. The van der Waals surface area contributed by atoms with Crippen molar-refractivity contribution in [1.29, 1.82) is 0 Å². The van der Waals surface area contributed by atoms with E-state index in [1.54, 1.807) is 11.3 Å². The minimum absolute atomic E-state index is 0.0554. The predicted octanol–water partition coefficient (Wildman–Crippen LogP) is 5.43. The standard InChI is InChI=1S/C20H19BrN2OS/c1-12(18-8-9-19(21)25-18)22-20(24)11-14-10-15(14)17-7-6-13-4-2-3-5-16(13)23-17/h2-9,12,14-15H,10-11H2,1H3,(H,22,24)/t12-,14+,15-/m1/s1. The molecule has 1 fully saturated rings. The van der Waals surface area contributed by atoms with Crippen LogP contribution in [0.15, 0.2) is 52.3 Å². The van der Waals surface area contributed by atoms with Crippen LogP contribution in [-0.4, -0.2) is 10.9 Å². The van der Waals surface area contributed by atoms with Gasteiger partial charge in [-0.1, -0.05) is 24.3 Å². The summed E-state index contributed by atoms with van der Waals surface area (Å²) in [6, 6.07) is 16.5. The number of halogens is 1. The van der Waals surface area contributed by atoms with E-state index in [4.69, 9.17) is 4.98 Å². The molecule has 3 atom stereocenters. The van der Waals surface area contributed by atoms with Crippen LogP contribution in [0.3, 0.4) is 0 Å². The highest BCUT2D eigenvalue weighted by molar-refractivity contribution is 9.11. The van der Waals surface area contributed by atoms with Crippen molar-refractivity contribution >= 4 is 44.1 Å². The average Bonchev–Trinajstić information content (AvgIpc) is 3.22. The van der Waals surface area contributed by atoms with Crippen LogP contribution >= 0.6 is 27.3 Å². The summed E-state index contributed by atoms with van der Waals surface area (Å²) in [7, 11) is 0. The number of carbonyl (C=O) groups is 1. The van der Waals surface area contributed by atoms with E-state index in [1.165, 1.54) is 4.88 Å². The zero-order valence-corrected chi connectivity index (χ0v) is 16.3. The smallest absolute Gasteiger partial charge is 0.220 e. The number of hydrogen-bond acceptors (Lipinski definition) is 3. The van der Waals surface area contributed by atoms with Crippen LogP contribution in [0.25, 0.3) is 10.9 Å². The summed E-state index contributed by atoms with van der Waals surface area (Å²) >= 11 is 5.13. The SMILES string of the molecule is C[C@@H](NC(=O)C[C@@H]1C[C@H]1c1ccc2ccccc2n1)c1ccc(Br)s1. The zero-order chi connectivity index (χ0) is 17.4. The van der Waals surface area contributed by atoms with Gasteiger partial charge in [-0.05, 0) is 59.5 Å². The summed E-state index contributed by atoms with van der Waals surface area (Å²) in [5, 5.41) is 4.28. The summed E-state index contributed by atoms with van der Waals surface area (Å²) in [6.07, 6.45) is 1.63. The van der Waals surface area contributed by atoms with Gasteiger partial charge in [-0.25, -0.2) is 0 Å². The average molecular weight is 415 g/mol. The Kier molecular flexibility index (Phi) is 4.61. The van der Waals surface area contributed by atoms with Gasteiger partial charge in [0.1, 0.15) is 0 Å². The highest BCUT2D eigenvalue weighted by atomic mass is 79.9. The Hall–Kier alpha value is -1.72. The fourth-order valence-electron chi connectivity index (χ4n) is 3.29. The van der Waals surface area contributed by atoms with Crippen molar-refractivity contribution in [3.05, 3.63) is 62.9 Å². The lowest BCUT2D eigenvalue weighted by Crippen LogP contribution is -2.26. The second-order valence-electron chi connectivity index (χ2n) is 6.67. The van der Waals surface area contributed by atoms with Crippen LogP contribution in [0.5, 0.6) is 0 Å². The van der Waals surface area contributed by atoms with Gasteiger partial charge in [0.25, 0.3) is 0 Å². The fourth-order valence-corrected chi connectivity index (χ4v) is 4.72. The monoisotopic (exact) mass is 414 g/mol. The number of fused-ring (bicyclic) bond motifs is 1. The molecule has 1 saturated carbocycles.